The standard InChI is InChI=1S/C57H65F3N8O10S/c1-35(2)42-7-5-6-8-43(42)48-33-65(32-36-9-12-40(13-10-36)77-55(59)60)23-24-67(48)39-28-57(29-39)19-21-66(22-20-57)38-11-14-44(49(25-38)78-50-27-45-46(58)31-61-51(45)63-54(50)75-4)52(69)64-79(73,74)41-26-47(68(71)72)53(62-30-41)76-34-37-15-17-56(3,70)18-16-37/h5-14,25-27,30-31,35,37,39,48,55,70H,15-24,28-29,32-34H2,1-4H3,(H,61,63)(H,64,69)/t37?,48-,56?/m0/s1. The molecule has 0 radical (unpaired) electrons. The largest absolute Gasteiger partial charge is 0.478 e. The molecule has 1 spiro atoms. The van der Waals surface area contributed by atoms with Crippen LogP contribution in [0.3, 0.4) is 0 Å². The lowest BCUT2D eigenvalue weighted by molar-refractivity contribution is -0.386. The molecule has 3 aromatic carbocycles. The fourth-order valence-electron chi connectivity index (χ4n) is 11.9. The van der Waals surface area contributed by atoms with Crippen molar-refractivity contribution in [3.63, 3.8) is 0 Å². The molecule has 6 aromatic rings. The number of nitrogens with one attached hydrogen (secondary N) is 2. The topological polar surface area (TPSA) is 215 Å². The second kappa shape index (κ2) is 22.6. The molecule has 4 fully saturated rings. The van der Waals surface area contributed by atoms with E-state index in [0.29, 0.717) is 63.0 Å². The number of amides is 1. The van der Waals surface area contributed by atoms with Crippen molar-refractivity contribution in [2.75, 3.05) is 51.3 Å². The number of aromatic amines is 1. The van der Waals surface area contributed by atoms with Crippen molar-refractivity contribution in [3.05, 3.63) is 129 Å². The number of piperazine rings is 1. The van der Waals surface area contributed by atoms with Crippen LogP contribution in [0, 0.1) is 27.3 Å². The van der Waals surface area contributed by atoms with Gasteiger partial charge in [0, 0.05) is 81.4 Å². The van der Waals surface area contributed by atoms with Crippen molar-refractivity contribution in [2.45, 2.75) is 114 Å². The van der Waals surface area contributed by atoms with Crippen molar-refractivity contribution in [1.29, 1.82) is 0 Å². The highest BCUT2D eigenvalue weighted by Gasteiger charge is 2.50. The summed E-state index contributed by atoms with van der Waals surface area (Å²) in [7, 11) is -3.44. The number of hydrogen-bond donors (Lipinski definition) is 3. The average Bonchev–Trinajstić information content (AvgIpc) is 3.85. The zero-order chi connectivity index (χ0) is 55.8. The summed E-state index contributed by atoms with van der Waals surface area (Å²) >= 11 is 0. The van der Waals surface area contributed by atoms with Gasteiger partial charge in [0.05, 0.1) is 41.4 Å². The van der Waals surface area contributed by atoms with Gasteiger partial charge in [-0.05, 0) is 116 Å². The Labute approximate surface area is 456 Å². The van der Waals surface area contributed by atoms with Gasteiger partial charge in [-0.1, -0.05) is 50.2 Å². The monoisotopic (exact) mass is 1110 g/mol. The summed E-state index contributed by atoms with van der Waals surface area (Å²) < 4.78 is 92.5. The van der Waals surface area contributed by atoms with Crippen LogP contribution in [0.2, 0.25) is 0 Å². The van der Waals surface area contributed by atoms with Gasteiger partial charge < -0.3 is 33.9 Å². The van der Waals surface area contributed by atoms with Crippen LogP contribution in [-0.4, -0.2) is 114 Å². The smallest absolute Gasteiger partial charge is 0.387 e. The molecule has 2 saturated heterocycles. The number of methoxy groups -OCH3 is 1. The van der Waals surface area contributed by atoms with Crippen LogP contribution in [0.4, 0.5) is 24.5 Å². The van der Waals surface area contributed by atoms with Crippen LogP contribution in [0.15, 0.2) is 96.2 Å². The quantitative estimate of drug-likeness (QED) is 0.0539. The molecule has 1 amide bonds. The number of benzene rings is 3. The van der Waals surface area contributed by atoms with E-state index in [2.05, 4.69) is 72.5 Å². The van der Waals surface area contributed by atoms with Crippen LogP contribution in [-0.2, 0) is 16.6 Å². The van der Waals surface area contributed by atoms with Gasteiger partial charge in [-0.3, -0.25) is 24.7 Å². The summed E-state index contributed by atoms with van der Waals surface area (Å²) in [6, 6.07) is 23.0. The Bertz CT molecular complexity index is 3300. The van der Waals surface area contributed by atoms with E-state index in [1.165, 1.54) is 30.4 Å². The number of rotatable bonds is 18. The highest BCUT2D eigenvalue weighted by molar-refractivity contribution is 7.90. The van der Waals surface area contributed by atoms with Gasteiger partial charge in [-0.2, -0.15) is 13.8 Å². The number of alkyl halides is 2. The molecule has 420 valence electrons. The molecule has 3 aromatic heterocycles. The van der Waals surface area contributed by atoms with Crippen LogP contribution < -0.4 is 28.6 Å². The van der Waals surface area contributed by atoms with Crippen molar-refractivity contribution in [1.82, 2.24) is 29.5 Å². The predicted octanol–water partition coefficient (Wildman–Crippen LogP) is 10.3. The maximum Gasteiger partial charge on any atom is 0.387 e. The first-order valence-electron chi connectivity index (χ1n) is 26.7. The molecular weight excluding hydrogens is 1050 g/mol. The number of piperidine rings is 1. The Hall–Kier alpha value is -7.01. The number of aromatic nitrogens is 3. The number of nitrogens with zero attached hydrogens (tertiary/aromatic N) is 6. The molecule has 79 heavy (non-hydrogen) atoms. The van der Waals surface area contributed by atoms with Gasteiger partial charge in [0.15, 0.2) is 5.75 Å². The normalized spacial score (nSPS) is 21.1. The molecule has 1 atom stereocenters. The minimum atomic E-state index is -4.79. The van der Waals surface area contributed by atoms with E-state index in [9.17, 15) is 41.6 Å². The van der Waals surface area contributed by atoms with Crippen molar-refractivity contribution < 1.29 is 55.4 Å². The molecule has 18 nitrogen and oxygen atoms in total. The zero-order valence-electron chi connectivity index (χ0n) is 44.5. The first-order valence-corrected chi connectivity index (χ1v) is 28.2. The lowest BCUT2D eigenvalue weighted by atomic mass is 9.59. The van der Waals surface area contributed by atoms with E-state index in [0.717, 1.165) is 69.3 Å². The average molecular weight is 1110 g/mol. The molecule has 4 aliphatic rings. The Kier molecular flexibility index (Phi) is 15.8. The summed E-state index contributed by atoms with van der Waals surface area (Å²) in [5, 5.41) is 22.6. The fraction of sp³-hybridized carbons (Fsp3) is 0.456. The number of nitro groups is 1. The molecule has 3 N–H and O–H groups in total. The van der Waals surface area contributed by atoms with E-state index < -0.39 is 49.5 Å². The van der Waals surface area contributed by atoms with E-state index >= 15 is 0 Å². The highest BCUT2D eigenvalue weighted by atomic mass is 32.2. The Morgan fingerprint density at radius 1 is 0.962 bits per heavy atom. The third-order valence-electron chi connectivity index (χ3n) is 16.4. The Morgan fingerprint density at radius 2 is 1.70 bits per heavy atom. The molecule has 2 saturated carbocycles. The SMILES string of the molecule is COc1nc2[nH]cc(F)c2cc1Oc1cc(N2CCC3(CC2)CC(N2CCN(Cc4ccc(OC(F)F)cc4)C[C@H]2c2ccccc2C(C)C)C3)ccc1C(=O)NS(=O)(=O)c1cnc(OCC2CCC(C)(O)CC2)c([N+](=O)[O-])c1. The minimum Gasteiger partial charge on any atom is -0.478 e. The molecule has 10 rings (SSSR count). The van der Waals surface area contributed by atoms with Gasteiger partial charge in [-0.15, -0.1) is 0 Å². The number of H-pyrrole nitrogens is 1. The van der Waals surface area contributed by atoms with Crippen molar-refractivity contribution >= 4 is 38.3 Å². The third kappa shape index (κ3) is 12.3. The number of fused-ring (bicyclic) bond motifs is 1. The third-order valence-corrected chi connectivity index (χ3v) is 17.7. The molecular formula is C57H65F3N8O10S. The minimum absolute atomic E-state index is 0.00729. The molecule has 0 unspecified atom stereocenters. The van der Waals surface area contributed by atoms with Crippen LogP contribution >= 0.6 is 0 Å². The maximum absolute atomic E-state index is 14.9. The highest BCUT2D eigenvalue weighted by Crippen LogP contribution is 2.54. The van der Waals surface area contributed by atoms with E-state index in [1.807, 2.05) is 16.9 Å². The van der Waals surface area contributed by atoms with Gasteiger partial charge in [0.1, 0.15) is 27.9 Å². The molecule has 2 aliphatic carbocycles. The number of aliphatic hydroxyl groups is 1. The summed E-state index contributed by atoms with van der Waals surface area (Å²) in [5.41, 5.74) is 2.92. The maximum atomic E-state index is 14.9. The Morgan fingerprint density at radius 3 is 2.39 bits per heavy atom. The second-order valence-electron chi connectivity index (χ2n) is 22.1. The number of carbonyl (C=O) groups excluding carboxylic acids is 1. The van der Waals surface area contributed by atoms with Crippen molar-refractivity contribution in [3.8, 4) is 29.0 Å². The van der Waals surface area contributed by atoms with Crippen LogP contribution in [0.5, 0.6) is 29.0 Å². The summed E-state index contributed by atoms with van der Waals surface area (Å²) in [5.74, 6) is -1.83. The molecule has 0 bridgehead atoms. The number of anilines is 1. The number of hydrogen-bond acceptors (Lipinski definition) is 15. The number of sulfonamides is 1. The second-order valence-corrected chi connectivity index (χ2v) is 23.8. The molecule has 22 heteroatoms. The van der Waals surface area contributed by atoms with Gasteiger partial charge in [-0.25, -0.2) is 22.5 Å². The lowest BCUT2D eigenvalue weighted by Crippen LogP contribution is -2.60. The van der Waals surface area contributed by atoms with E-state index in [-0.39, 0.29) is 69.6 Å². The van der Waals surface area contributed by atoms with Crippen LogP contribution in [0.1, 0.15) is 111 Å². The lowest BCUT2D eigenvalue weighted by Gasteiger charge is -2.58. The Balaban J connectivity index is 0.850. The van der Waals surface area contributed by atoms with Crippen LogP contribution in [0.25, 0.3) is 11.0 Å². The van der Waals surface area contributed by atoms with E-state index in [1.54, 1.807) is 31.2 Å². The van der Waals surface area contributed by atoms with Gasteiger partial charge in [0.2, 0.25) is 0 Å². The molecule has 2 aliphatic heterocycles. The number of ether oxygens (including phenoxy) is 4. The predicted molar refractivity (Wildman–Crippen MR) is 288 cm³/mol. The zero-order valence-corrected chi connectivity index (χ0v) is 45.3. The summed E-state index contributed by atoms with van der Waals surface area (Å²) in [6.07, 6.45) is 8.21. The van der Waals surface area contributed by atoms with Gasteiger partial charge in [0.25, 0.3) is 27.7 Å². The van der Waals surface area contributed by atoms with E-state index in [4.69, 9.17) is 14.2 Å². The number of pyridine rings is 2. The first kappa shape index (κ1) is 55.3. The van der Waals surface area contributed by atoms with Crippen molar-refractivity contribution in [2.24, 2.45) is 11.3 Å². The number of halogens is 3. The fourth-order valence-corrected chi connectivity index (χ4v) is 12.8. The first-order chi connectivity index (χ1) is 37.8. The number of carbonyl (C=O) groups is 1. The van der Waals surface area contributed by atoms with Gasteiger partial charge >= 0.3 is 12.3 Å². The summed E-state index contributed by atoms with van der Waals surface area (Å²) in [4.78, 5) is 43.3. The summed E-state index contributed by atoms with van der Waals surface area (Å²) in [6.45, 7) is 7.97. The molecule has 5 heterocycles.